The van der Waals surface area contributed by atoms with E-state index in [9.17, 15) is 9.18 Å². The van der Waals surface area contributed by atoms with Gasteiger partial charge in [0, 0.05) is 23.1 Å². The summed E-state index contributed by atoms with van der Waals surface area (Å²) in [5.41, 5.74) is 1.76. The molecule has 1 aromatic heterocycles. The average molecular weight is 341 g/mol. The van der Waals surface area contributed by atoms with Crippen LogP contribution in [0.15, 0.2) is 48.5 Å². The Balaban J connectivity index is 1.63. The van der Waals surface area contributed by atoms with Gasteiger partial charge in [0.25, 0.3) is 5.91 Å². The van der Waals surface area contributed by atoms with E-state index in [0.717, 1.165) is 17.8 Å². The number of aromatic amines is 1. The number of likely N-dealkylation sites (N-methyl/N-ethyl adjacent to an activating group) is 1. The molecule has 0 fully saturated rings. The summed E-state index contributed by atoms with van der Waals surface area (Å²) in [6, 6.07) is 13.2. The van der Waals surface area contributed by atoms with Crippen LogP contribution in [0.2, 0.25) is 0 Å². The van der Waals surface area contributed by atoms with E-state index in [1.807, 2.05) is 31.1 Å². The fourth-order valence-electron chi connectivity index (χ4n) is 2.40. The number of aromatic nitrogens is 1. The number of halogens is 1. The molecule has 0 aliphatic heterocycles. The highest BCUT2D eigenvalue weighted by molar-refractivity contribution is 6.05. The van der Waals surface area contributed by atoms with E-state index in [4.69, 9.17) is 4.74 Å². The molecule has 1 heterocycles. The first-order valence-corrected chi connectivity index (χ1v) is 7.98. The van der Waals surface area contributed by atoms with Gasteiger partial charge in [-0.25, -0.2) is 4.39 Å². The van der Waals surface area contributed by atoms with E-state index in [-0.39, 0.29) is 11.7 Å². The van der Waals surface area contributed by atoms with Crippen LogP contribution < -0.4 is 10.1 Å². The number of nitrogens with one attached hydrogen (secondary N) is 2. The van der Waals surface area contributed by atoms with Gasteiger partial charge in [-0.05, 0) is 62.6 Å². The first-order chi connectivity index (χ1) is 12.0. The monoisotopic (exact) mass is 341 g/mol. The Labute approximate surface area is 145 Å². The van der Waals surface area contributed by atoms with E-state index in [2.05, 4.69) is 10.3 Å². The number of amides is 1. The molecule has 0 bridgehead atoms. The third-order valence-electron chi connectivity index (χ3n) is 3.75. The fraction of sp³-hybridized carbons (Fsp3) is 0.211. The molecule has 0 atom stereocenters. The lowest BCUT2D eigenvalue weighted by atomic mass is 10.2. The van der Waals surface area contributed by atoms with Gasteiger partial charge in [0.15, 0.2) is 0 Å². The Hall–Kier alpha value is -2.86. The summed E-state index contributed by atoms with van der Waals surface area (Å²) >= 11 is 0. The second kappa shape index (κ2) is 7.36. The van der Waals surface area contributed by atoms with Gasteiger partial charge in [0.2, 0.25) is 0 Å². The van der Waals surface area contributed by atoms with Crippen molar-refractivity contribution in [1.29, 1.82) is 0 Å². The topological polar surface area (TPSA) is 57.4 Å². The minimum atomic E-state index is -0.330. The summed E-state index contributed by atoms with van der Waals surface area (Å²) in [6.07, 6.45) is 0. The van der Waals surface area contributed by atoms with Crippen molar-refractivity contribution in [2.24, 2.45) is 0 Å². The molecule has 6 heteroatoms. The average Bonchev–Trinajstić information content (AvgIpc) is 2.99. The molecule has 0 radical (unpaired) electrons. The molecule has 25 heavy (non-hydrogen) atoms. The number of anilines is 1. The van der Waals surface area contributed by atoms with E-state index in [1.165, 1.54) is 12.1 Å². The number of fused-ring (bicyclic) bond motifs is 1. The third kappa shape index (κ3) is 4.36. The van der Waals surface area contributed by atoms with Crippen molar-refractivity contribution in [3.05, 3.63) is 60.0 Å². The maximum Gasteiger partial charge on any atom is 0.272 e. The van der Waals surface area contributed by atoms with Gasteiger partial charge >= 0.3 is 0 Å². The van der Waals surface area contributed by atoms with Crippen molar-refractivity contribution in [1.82, 2.24) is 9.88 Å². The molecule has 0 spiro atoms. The zero-order valence-corrected chi connectivity index (χ0v) is 14.2. The summed E-state index contributed by atoms with van der Waals surface area (Å²) in [5, 5.41) is 3.47. The second-order valence-electron chi connectivity index (χ2n) is 6.04. The molecule has 0 unspecified atom stereocenters. The molecule has 5 nitrogen and oxygen atoms in total. The fourth-order valence-corrected chi connectivity index (χ4v) is 2.40. The highest BCUT2D eigenvalue weighted by atomic mass is 19.1. The van der Waals surface area contributed by atoms with Crippen LogP contribution in [0.4, 0.5) is 10.1 Å². The predicted molar refractivity (Wildman–Crippen MR) is 96.7 cm³/mol. The zero-order chi connectivity index (χ0) is 17.8. The number of H-pyrrole nitrogens is 1. The maximum absolute atomic E-state index is 13.2. The molecule has 2 aromatic carbocycles. The van der Waals surface area contributed by atoms with Crippen molar-refractivity contribution in [3.8, 4) is 5.75 Å². The Kier molecular flexibility index (Phi) is 5.00. The standard InChI is InChI=1S/C19H20FN3O2/c1-23(2)9-10-25-16-6-4-15(5-7-16)21-19(24)18-12-13-11-14(20)3-8-17(13)22-18/h3-8,11-12,22H,9-10H2,1-2H3,(H,21,24). The van der Waals surface area contributed by atoms with Crippen LogP contribution in [0, 0.1) is 5.82 Å². The summed E-state index contributed by atoms with van der Waals surface area (Å²) in [6.45, 7) is 1.43. The quantitative estimate of drug-likeness (QED) is 0.721. The highest BCUT2D eigenvalue weighted by Gasteiger charge is 2.10. The second-order valence-corrected chi connectivity index (χ2v) is 6.04. The Morgan fingerprint density at radius 1 is 1.16 bits per heavy atom. The van der Waals surface area contributed by atoms with Crippen molar-refractivity contribution >= 4 is 22.5 Å². The molecule has 0 saturated carbocycles. The minimum Gasteiger partial charge on any atom is -0.492 e. The lowest BCUT2D eigenvalue weighted by Crippen LogP contribution is -2.19. The number of carbonyl (C=O) groups excluding carboxylic acids is 1. The zero-order valence-electron chi connectivity index (χ0n) is 14.2. The van der Waals surface area contributed by atoms with Gasteiger partial charge in [-0.1, -0.05) is 0 Å². The SMILES string of the molecule is CN(C)CCOc1ccc(NC(=O)c2cc3cc(F)ccc3[nH]2)cc1. The number of nitrogens with zero attached hydrogens (tertiary/aromatic N) is 1. The van der Waals surface area contributed by atoms with Crippen LogP contribution in [0.5, 0.6) is 5.75 Å². The number of hydrogen-bond acceptors (Lipinski definition) is 3. The maximum atomic E-state index is 13.2. The third-order valence-corrected chi connectivity index (χ3v) is 3.75. The van der Waals surface area contributed by atoms with E-state index in [1.54, 1.807) is 24.3 Å². The molecular weight excluding hydrogens is 321 g/mol. The number of rotatable bonds is 6. The summed E-state index contributed by atoms with van der Waals surface area (Å²) in [4.78, 5) is 17.4. The van der Waals surface area contributed by atoms with Gasteiger partial charge in [0.05, 0.1) is 0 Å². The molecule has 0 saturated heterocycles. The number of ether oxygens (including phenoxy) is 1. The molecule has 0 aliphatic rings. The molecule has 130 valence electrons. The molecule has 0 aliphatic carbocycles. The number of benzene rings is 2. The lowest BCUT2D eigenvalue weighted by Gasteiger charge is -2.11. The number of hydrogen-bond donors (Lipinski definition) is 2. The largest absolute Gasteiger partial charge is 0.492 e. The van der Waals surface area contributed by atoms with Crippen molar-refractivity contribution in [2.45, 2.75) is 0 Å². The van der Waals surface area contributed by atoms with Crippen molar-refractivity contribution < 1.29 is 13.9 Å². The van der Waals surface area contributed by atoms with Crippen molar-refractivity contribution in [3.63, 3.8) is 0 Å². The van der Waals surface area contributed by atoms with Crippen LogP contribution in [0.3, 0.4) is 0 Å². The number of carbonyl (C=O) groups is 1. The van der Waals surface area contributed by atoms with Crippen LogP contribution >= 0.6 is 0 Å². The van der Waals surface area contributed by atoms with Crippen LogP contribution in [0.1, 0.15) is 10.5 Å². The van der Waals surface area contributed by atoms with E-state index < -0.39 is 0 Å². The van der Waals surface area contributed by atoms with Gasteiger partial charge in [0.1, 0.15) is 23.9 Å². The summed E-state index contributed by atoms with van der Waals surface area (Å²) < 4.78 is 18.9. The van der Waals surface area contributed by atoms with Crippen LogP contribution in [-0.4, -0.2) is 43.0 Å². The Morgan fingerprint density at radius 3 is 2.64 bits per heavy atom. The smallest absolute Gasteiger partial charge is 0.272 e. The predicted octanol–water partition coefficient (Wildman–Crippen LogP) is 3.50. The van der Waals surface area contributed by atoms with Crippen molar-refractivity contribution in [2.75, 3.05) is 32.6 Å². The Morgan fingerprint density at radius 2 is 1.92 bits per heavy atom. The Bertz CT molecular complexity index is 872. The molecule has 2 N–H and O–H groups in total. The first kappa shape index (κ1) is 17.0. The normalized spacial score (nSPS) is 11.0. The van der Waals surface area contributed by atoms with E-state index >= 15 is 0 Å². The highest BCUT2D eigenvalue weighted by Crippen LogP contribution is 2.19. The van der Waals surface area contributed by atoms with Crippen LogP contribution in [0.25, 0.3) is 10.9 Å². The summed E-state index contributed by atoms with van der Waals surface area (Å²) in [5.74, 6) is 0.141. The van der Waals surface area contributed by atoms with Gasteiger partial charge in [-0.2, -0.15) is 0 Å². The van der Waals surface area contributed by atoms with Gasteiger partial charge in [-0.15, -0.1) is 0 Å². The van der Waals surface area contributed by atoms with Gasteiger partial charge < -0.3 is 19.9 Å². The van der Waals surface area contributed by atoms with Gasteiger partial charge in [-0.3, -0.25) is 4.79 Å². The van der Waals surface area contributed by atoms with Crippen LogP contribution in [-0.2, 0) is 0 Å². The molecule has 3 rings (SSSR count). The molecule has 1 amide bonds. The minimum absolute atomic E-state index is 0.280. The first-order valence-electron chi connectivity index (χ1n) is 7.98. The van der Waals surface area contributed by atoms with E-state index in [0.29, 0.717) is 23.4 Å². The molecular formula is C19H20FN3O2. The lowest BCUT2D eigenvalue weighted by molar-refractivity contribution is 0.102. The molecule has 3 aromatic rings. The summed E-state index contributed by atoms with van der Waals surface area (Å²) in [7, 11) is 3.97.